The number of nitro benzene ring substituents is 1. The van der Waals surface area contributed by atoms with E-state index in [1.165, 1.54) is 24.4 Å². The first-order chi connectivity index (χ1) is 10.9. The maximum absolute atomic E-state index is 11.5. The number of carbonyl (C=O) groups is 2. The number of hydrogen-bond acceptors (Lipinski definition) is 7. The van der Waals surface area contributed by atoms with Gasteiger partial charge in [0.2, 0.25) is 5.91 Å². The third-order valence-electron chi connectivity index (χ3n) is 2.68. The van der Waals surface area contributed by atoms with Crippen LogP contribution < -0.4 is 5.32 Å². The van der Waals surface area contributed by atoms with Gasteiger partial charge in [0.1, 0.15) is 5.25 Å². The van der Waals surface area contributed by atoms with Crippen molar-refractivity contribution in [3.05, 3.63) is 37.4 Å². The van der Waals surface area contributed by atoms with Crippen LogP contribution in [0.3, 0.4) is 0 Å². The average Bonchev–Trinajstić information content (AvgIpc) is 2.80. The first-order valence-corrected chi connectivity index (χ1v) is 8.07. The molecule has 1 saturated heterocycles. The number of carboxylic acid groups (broad SMARTS) is 1. The standard InChI is InChI=1S/C12H9IN4O5S/c13-8-3-7(17(21)22)2-1-6(8)5-14-16-12-15-11(20)9(23-12)4-10(18)19/h1-3,5,9H,4H2,(H,18,19)(H,15,16,20). The van der Waals surface area contributed by atoms with Crippen molar-refractivity contribution in [1.82, 2.24) is 5.32 Å². The Labute approximate surface area is 147 Å². The van der Waals surface area contributed by atoms with Crippen LogP contribution in [0.25, 0.3) is 0 Å². The number of amides is 1. The number of rotatable bonds is 5. The second-order valence-corrected chi connectivity index (χ2v) is 6.66. The molecule has 0 bridgehead atoms. The van der Waals surface area contributed by atoms with E-state index in [-0.39, 0.29) is 17.3 Å². The number of amidine groups is 1. The second-order valence-electron chi connectivity index (χ2n) is 4.31. The molecule has 1 heterocycles. The molecule has 0 saturated carbocycles. The Bertz CT molecular complexity index is 736. The molecule has 0 aromatic heterocycles. The number of benzene rings is 1. The van der Waals surface area contributed by atoms with Crippen LogP contribution >= 0.6 is 34.4 Å². The summed E-state index contributed by atoms with van der Waals surface area (Å²) in [5.41, 5.74) is 0.616. The van der Waals surface area contributed by atoms with Gasteiger partial charge < -0.3 is 10.4 Å². The van der Waals surface area contributed by atoms with Crippen LogP contribution in [0.15, 0.2) is 28.4 Å². The average molecular weight is 448 g/mol. The smallest absolute Gasteiger partial charge is 0.305 e. The van der Waals surface area contributed by atoms with Crippen LogP contribution in [-0.2, 0) is 9.59 Å². The van der Waals surface area contributed by atoms with Crippen molar-refractivity contribution in [2.75, 3.05) is 0 Å². The minimum Gasteiger partial charge on any atom is -0.481 e. The number of carbonyl (C=O) groups excluding carboxylic acids is 1. The van der Waals surface area contributed by atoms with E-state index >= 15 is 0 Å². The lowest BCUT2D eigenvalue weighted by Crippen LogP contribution is -2.26. The normalized spacial score (nSPS) is 19.3. The fourth-order valence-corrected chi connectivity index (χ4v) is 3.18. The zero-order valence-electron chi connectivity index (χ0n) is 11.3. The summed E-state index contributed by atoms with van der Waals surface area (Å²) >= 11 is 2.94. The van der Waals surface area contributed by atoms with Gasteiger partial charge in [0.25, 0.3) is 5.69 Å². The quantitative estimate of drug-likeness (QED) is 0.304. The van der Waals surface area contributed by atoms with E-state index in [4.69, 9.17) is 5.11 Å². The van der Waals surface area contributed by atoms with Crippen LogP contribution in [0.1, 0.15) is 12.0 Å². The van der Waals surface area contributed by atoms with Crippen molar-refractivity contribution in [3.63, 3.8) is 0 Å². The fraction of sp³-hybridized carbons (Fsp3) is 0.167. The summed E-state index contributed by atoms with van der Waals surface area (Å²) in [5, 5.41) is 28.9. The number of non-ortho nitro benzene ring substituents is 1. The van der Waals surface area contributed by atoms with Crippen LogP contribution in [0.5, 0.6) is 0 Å². The molecule has 11 heteroatoms. The lowest BCUT2D eigenvalue weighted by atomic mass is 10.2. The van der Waals surface area contributed by atoms with Gasteiger partial charge in [-0.25, -0.2) is 0 Å². The number of aliphatic carboxylic acids is 1. The Morgan fingerprint density at radius 3 is 2.91 bits per heavy atom. The van der Waals surface area contributed by atoms with Crippen LogP contribution in [-0.4, -0.2) is 38.5 Å². The SMILES string of the molecule is O=C(O)CC1SC(=NN=Cc2ccc([N+](=O)[O-])cc2I)NC1=O. The third-order valence-corrected chi connectivity index (χ3v) is 4.68. The van der Waals surface area contributed by atoms with E-state index in [1.807, 2.05) is 22.6 Å². The molecule has 1 aromatic carbocycles. The zero-order valence-corrected chi connectivity index (χ0v) is 14.3. The number of nitro groups is 1. The van der Waals surface area contributed by atoms with Crippen LogP contribution in [0, 0.1) is 13.7 Å². The summed E-state index contributed by atoms with van der Waals surface area (Å²) in [6.45, 7) is 0. The highest BCUT2D eigenvalue weighted by Crippen LogP contribution is 2.22. The molecule has 2 rings (SSSR count). The number of nitrogens with zero attached hydrogens (tertiary/aromatic N) is 3. The number of nitrogens with one attached hydrogen (secondary N) is 1. The predicted molar refractivity (Wildman–Crippen MR) is 92.6 cm³/mol. The molecule has 1 atom stereocenters. The van der Waals surface area contributed by atoms with Crippen molar-refractivity contribution in [2.24, 2.45) is 10.2 Å². The molecular formula is C12H9IN4O5S. The van der Waals surface area contributed by atoms with E-state index in [9.17, 15) is 19.7 Å². The van der Waals surface area contributed by atoms with Crippen LogP contribution in [0.2, 0.25) is 0 Å². The van der Waals surface area contributed by atoms with Gasteiger partial charge in [-0.15, -0.1) is 5.10 Å². The van der Waals surface area contributed by atoms with E-state index in [0.29, 0.717) is 9.13 Å². The predicted octanol–water partition coefficient (Wildman–Crippen LogP) is 1.60. The molecule has 120 valence electrons. The number of carboxylic acids is 1. The molecule has 1 amide bonds. The molecule has 2 N–H and O–H groups in total. The summed E-state index contributed by atoms with van der Waals surface area (Å²) in [5.74, 6) is -1.49. The minimum absolute atomic E-state index is 0.0204. The largest absolute Gasteiger partial charge is 0.481 e. The topological polar surface area (TPSA) is 134 Å². The van der Waals surface area contributed by atoms with E-state index in [2.05, 4.69) is 15.5 Å². The Balaban J connectivity index is 2.05. The number of thioether (sulfide) groups is 1. The van der Waals surface area contributed by atoms with Crippen molar-refractivity contribution < 1.29 is 19.6 Å². The van der Waals surface area contributed by atoms with Gasteiger partial charge in [0.05, 0.1) is 17.6 Å². The molecule has 1 aromatic rings. The molecule has 1 fully saturated rings. The number of hydrogen-bond donors (Lipinski definition) is 2. The summed E-state index contributed by atoms with van der Waals surface area (Å²) in [6.07, 6.45) is 1.11. The van der Waals surface area contributed by atoms with Gasteiger partial charge >= 0.3 is 5.97 Å². The maximum Gasteiger partial charge on any atom is 0.305 e. The van der Waals surface area contributed by atoms with Gasteiger partial charge in [0.15, 0.2) is 5.17 Å². The zero-order chi connectivity index (χ0) is 17.0. The van der Waals surface area contributed by atoms with Crippen molar-refractivity contribution >= 4 is 63.3 Å². The van der Waals surface area contributed by atoms with Gasteiger partial charge in [-0.1, -0.05) is 11.8 Å². The summed E-state index contributed by atoms with van der Waals surface area (Å²) in [4.78, 5) is 32.3. The number of halogens is 1. The monoisotopic (exact) mass is 448 g/mol. The van der Waals surface area contributed by atoms with Crippen LogP contribution in [0.4, 0.5) is 5.69 Å². The highest BCUT2D eigenvalue weighted by atomic mass is 127. The molecule has 0 radical (unpaired) electrons. The molecule has 1 aliphatic rings. The van der Waals surface area contributed by atoms with Crippen molar-refractivity contribution in [1.29, 1.82) is 0 Å². The van der Waals surface area contributed by atoms with Gasteiger partial charge in [-0.05, 0) is 28.7 Å². The van der Waals surface area contributed by atoms with E-state index in [1.54, 1.807) is 0 Å². The summed E-state index contributed by atoms with van der Waals surface area (Å²) in [7, 11) is 0. The molecule has 1 unspecified atom stereocenters. The van der Waals surface area contributed by atoms with Gasteiger partial charge in [-0.3, -0.25) is 19.7 Å². The maximum atomic E-state index is 11.5. The Morgan fingerprint density at radius 1 is 1.57 bits per heavy atom. The highest BCUT2D eigenvalue weighted by Gasteiger charge is 2.32. The third kappa shape index (κ3) is 4.72. The first-order valence-electron chi connectivity index (χ1n) is 6.11. The Kier molecular flexibility index (Phi) is 5.65. The molecule has 23 heavy (non-hydrogen) atoms. The lowest BCUT2D eigenvalue weighted by molar-refractivity contribution is -0.384. The molecule has 9 nitrogen and oxygen atoms in total. The summed E-state index contributed by atoms with van der Waals surface area (Å²) in [6, 6.07) is 4.30. The van der Waals surface area contributed by atoms with E-state index < -0.39 is 22.0 Å². The lowest BCUT2D eigenvalue weighted by Gasteiger charge is -1.98. The van der Waals surface area contributed by atoms with E-state index in [0.717, 1.165) is 11.8 Å². The van der Waals surface area contributed by atoms with Gasteiger partial charge in [0, 0.05) is 21.3 Å². The first kappa shape index (κ1) is 17.3. The Morgan fingerprint density at radius 2 is 2.30 bits per heavy atom. The molecule has 0 aliphatic carbocycles. The highest BCUT2D eigenvalue weighted by molar-refractivity contribution is 14.1. The second kappa shape index (κ2) is 7.50. The minimum atomic E-state index is -1.07. The molecule has 1 aliphatic heterocycles. The van der Waals surface area contributed by atoms with Gasteiger partial charge in [-0.2, -0.15) is 5.10 Å². The molecular weight excluding hydrogens is 439 g/mol. The van der Waals surface area contributed by atoms with Crippen molar-refractivity contribution in [2.45, 2.75) is 11.7 Å². The Hall–Kier alpha value is -2.02. The summed E-state index contributed by atoms with van der Waals surface area (Å²) < 4.78 is 0.632. The fourth-order valence-electron chi connectivity index (χ4n) is 1.62. The molecule has 0 spiro atoms. The van der Waals surface area contributed by atoms with Crippen molar-refractivity contribution in [3.8, 4) is 0 Å².